The second-order valence-corrected chi connectivity index (χ2v) is 7.99. The van der Waals surface area contributed by atoms with E-state index in [2.05, 4.69) is 21.1 Å². The van der Waals surface area contributed by atoms with Crippen molar-refractivity contribution < 1.29 is 8.42 Å². The van der Waals surface area contributed by atoms with Crippen LogP contribution in [0.15, 0.2) is 35.2 Å². The SMILES string of the molecule is Cc1cc(NCc2ccc(S(=O)(=O)NC3CC3)cc2)c(C#N)c(C)n1. The Morgan fingerprint density at radius 3 is 2.52 bits per heavy atom. The molecule has 0 amide bonds. The summed E-state index contributed by atoms with van der Waals surface area (Å²) in [7, 11) is -3.42. The highest BCUT2D eigenvalue weighted by molar-refractivity contribution is 7.89. The van der Waals surface area contributed by atoms with Crippen LogP contribution >= 0.6 is 0 Å². The van der Waals surface area contributed by atoms with Crippen LogP contribution in [0.4, 0.5) is 5.69 Å². The van der Waals surface area contributed by atoms with E-state index in [0.29, 0.717) is 17.8 Å². The Labute approximate surface area is 148 Å². The average Bonchev–Trinajstić information content (AvgIpc) is 3.36. The molecule has 1 fully saturated rings. The lowest BCUT2D eigenvalue weighted by molar-refractivity contribution is 0.581. The van der Waals surface area contributed by atoms with E-state index in [1.54, 1.807) is 24.3 Å². The lowest BCUT2D eigenvalue weighted by atomic mass is 10.1. The molecule has 1 aliphatic rings. The maximum Gasteiger partial charge on any atom is 0.240 e. The summed E-state index contributed by atoms with van der Waals surface area (Å²) in [5.41, 5.74) is 3.73. The van der Waals surface area contributed by atoms with Crippen molar-refractivity contribution in [3.8, 4) is 6.07 Å². The zero-order valence-electron chi connectivity index (χ0n) is 14.2. The van der Waals surface area contributed by atoms with Gasteiger partial charge in [0.1, 0.15) is 6.07 Å². The molecule has 0 aliphatic heterocycles. The number of nitrogens with one attached hydrogen (secondary N) is 2. The zero-order chi connectivity index (χ0) is 18.0. The Morgan fingerprint density at radius 2 is 1.92 bits per heavy atom. The largest absolute Gasteiger partial charge is 0.380 e. The van der Waals surface area contributed by atoms with Crippen LogP contribution in [0.5, 0.6) is 0 Å². The van der Waals surface area contributed by atoms with E-state index in [0.717, 1.165) is 29.8 Å². The molecule has 6 nitrogen and oxygen atoms in total. The normalized spacial score (nSPS) is 14.1. The Kier molecular flexibility index (Phi) is 4.75. The maximum absolute atomic E-state index is 12.2. The first-order valence-corrected chi connectivity index (χ1v) is 9.61. The number of hydrogen-bond donors (Lipinski definition) is 2. The monoisotopic (exact) mass is 356 g/mol. The number of aromatic nitrogens is 1. The van der Waals surface area contributed by atoms with E-state index >= 15 is 0 Å². The highest BCUT2D eigenvalue weighted by atomic mass is 32.2. The van der Waals surface area contributed by atoms with Crippen LogP contribution in [-0.2, 0) is 16.6 Å². The van der Waals surface area contributed by atoms with E-state index in [1.807, 2.05) is 19.9 Å². The molecule has 2 aromatic rings. The van der Waals surface area contributed by atoms with Crippen molar-refractivity contribution >= 4 is 15.7 Å². The van der Waals surface area contributed by atoms with Crippen LogP contribution in [0.3, 0.4) is 0 Å². The number of nitriles is 1. The molecule has 2 N–H and O–H groups in total. The van der Waals surface area contributed by atoms with Crippen LogP contribution in [0.25, 0.3) is 0 Å². The van der Waals surface area contributed by atoms with Gasteiger partial charge in [-0.2, -0.15) is 5.26 Å². The summed E-state index contributed by atoms with van der Waals surface area (Å²) in [6.45, 7) is 4.18. The van der Waals surface area contributed by atoms with Crippen molar-refractivity contribution in [2.24, 2.45) is 0 Å². The fourth-order valence-corrected chi connectivity index (χ4v) is 3.89. The standard InChI is InChI=1S/C18H20N4O2S/c1-12-9-18(17(10-19)13(2)21-12)20-11-14-3-7-16(8-4-14)25(23,24)22-15-5-6-15/h3-4,7-9,15,22H,5-6,11H2,1-2H3,(H,20,21). The molecule has 1 aliphatic carbocycles. The summed E-state index contributed by atoms with van der Waals surface area (Å²) in [6, 6.07) is 10.9. The lowest BCUT2D eigenvalue weighted by Gasteiger charge is -2.11. The Balaban J connectivity index is 1.71. The molecule has 0 saturated heterocycles. The van der Waals surface area contributed by atoms with Crippen LogP contribution in [0.2, 0.25) is 0 Å². The Morgan fingerprint density at radius 1 is 1.24 bits per heavy atom. The van der Waals surface area contributed by atoms with Gasteiger partial charge in [-0.3, -0.25) is 4.98 Å². The fraction of sp³-hybridized carbons (Fsp3) is 0.333. The van der Waals surface area contributed by atoms with Gasteiger partial charge < -0.3 is 5.32 Å². The molecule has 0 spiro atoms. The van der Waals surface area contributed by atoms with Gasteiger partial charge >= 0.3 is 0 Å². The molecule has 0 radical (unpaired) electrons. The number of rotatable bonds is 6. The van der Waals surface area contributed by atoms with Gasteiger partial charge in [-0.25, -0.2) is 13.1 Å². The van der Waals surface area contributed by atoms with Crippen molar-refractivity contribution in [1.82, 2.24) is 9.71 Å². The van der Waals surface area contributed by atoms with Gasteiger partial charge in [0.05, 0.1) is 21.8 Å². The second-order valence-electron chi connectivity index (χ2n) is 6.28. The lowest BCUT2D eigenvalue weighted by Crippen LogP contribution is -2.25. The third-order valence-electron chi connectivity index (χ3n) is 4.06. The molecule has 1 saturated carbocycles. The highest BCUT2D eigenvalue weighted by Crippen LogP contribution is 2.23. The maximum atomic E-state index is 12.2. The molecule has 3 rings (SSSR count). The molecular weight excluding hydrogens is 336 g/mol. The van der Waals surface area contributed by atoms with Gasteiger partial charge in [0.2, 0.25) is 10.0 Å². The van der Waals surface area contributed by atoms with E-state index < -0.39 is 10.0 Å². The summed E-state index contributed by atoms with van der Waals surface area (Å²) in [4.78, 5) is 4.57. The van der Waals surface area contributed by atoms with Crippen molar-refractivity contribution in [2.45, 2.75) is 44.2 Å². The van der Waals surface area contributed by atoms with Crippen molar-refractivity contribution in [1.29, 1.82) is 5.26 Å². The Hall–Kier alpha value is -2.43. The van der Waals surface area contributed by atoms with Gasteiger partial charge in [0.25, 0.3) is 0 Å². The highest BCUT2D eigenvalue weighted by Gasteiger charge is 2.27. The number of benzene rings is 1. The number of aryl methyl sites for hydroxylation is 2. The second kappa shape index (κ2) is 6.82. The summed E-state index contributed by atoms with van der Waals surface area (Å²) < 4.78 is 27.0. The fourth-order valence-electron chi connectivity index (χ4n) is 2.58. The van der Waals surface area contributed by atoms with Crippen LogP contribution in [-0.4, -0.2) is 19.4 Å². The van der Waals surface area contributed by atoms with E-state index in [4.69, 9.17) is 0 Å². The molecule has 25 heavy (non-hydrogen) atoms. The number of nitrogens with zero attached hydrogens (tertiary/aromatic N) is 2. The van der Waals surface area contributed by atoms with Gasteiger partial charge in [-0.15, -0.1) is 0 Å². The third kappa shape index (κ3) is 4.16. The number of sulfonamides is 1. The van der Waals surface area contributed by atoms with Gasteiger partial charge in [0.15, 0.2) is 0 Å². The number of hydrogen-bond acceptors (Lipinski definition) is 5. The summed E-state index contributed by atoms with van der Waals surface area (Å²) in [6.07, 6.45) is 1.82. The molecule has 0 unspecified atom stereocenters. The quantitative estimate of drug-likeness (QED) is 0.830. The van der Waals surface area contributed by atoms with Crippen molar-refractivity contribution in [3.05, 3.63) is 52.8 Å². The minimum Gasteiger partial charge on any atom is -0.380 e. The summed E-state index contributed by atoms with van der Waals surface area (Å²) >= 11 is 0. The van der Waals surface area contributed by atoms with Crippen LogP contribution in [0.1, 0.15) is 35.4 Å². The van der Waals surface area contributed by atoms with Gasteiger partial charge in [-0.1, -0.05) is 12.1 Å². The van der Waals surface area contributed by atoms with Crippen molar-refractivity contribution in [3.63, 3.8) is 0 Å². The molecule has 1 aromatic heterocycles. The summed E-state index contributed by atoms with van der Waals surface area (Å²) in [5, 5.41) is 12.5. The predicted octanol–water partition coefficient (Wildman–Crippen LogP) is 2.62. The van der Waals surface area contributed by atoms with Crippen molar-refractivity contribution in [2.75, 3.05) is 5.32 Å². The smallest absolute Gasteiger partial charge is 0.240 e. The molecular formula is C18H20N4O2S. The summed E-state index contributed by atoms with van der Waals surface area (Å²) in [5.74, 6) is 0. The number of anilines is 1. The Bertz CT molecular complexity index is 927. The number of pyridine rings is 1. The van der Waals surface area contributed by atoms with E-state index in [1.165, 1.54) is 0 Å². The minimum atomic E-state index is -3.42. The molecule has 7 heteroatoms. The van der Waals surface area contributed by atoms with E-state index in [-0.39, 0.29) is 10.9 Å². The van der Waals surface area contributed by atoms with Gasteiger partial charge in [-0.05, 0) is 50.5 Å². The van der Waals surface area contributed by atoms with E-state index in [9.17, 15) is 13.7 Å². The average molecular weight is 356 g/mol. The molecule has 0 atom stereocenters. The predicted molar refractivity (Wildman–Crippen MR) is 95.5 cm³/mol. The first-order valence-electron chi connectivity index (χ1n) is 8.12. The zero-order valence-corrected chi connectivity index (χ0v) is 15.0. The molecule has 1 heterocycles. The topological polar surface area (TPSA) is 94.9 Å². The van der Waals surface area contributed by atoms with Crippen LogP contribution in [0, 0.1) is 25.2 Å². The van der Waals surface area contributed by atoms with Crippen LogP contribution < -0.4 is 10.0 Å². The molecule has 130 valence electrons. The first kappa shape index (κ1) is 17.4. The van der Waals surface area contributed by atoms with Gasteiger partial charge in [0, 0.05) is 18.3 Å². The first-order chi connectivity index (χ1) is 11.9. The minimum absolute atomic E-state index is 0.0916. The third-order valence-corrected chi connectivity index (χ3v) is 5.59. The molecule has 0 bridgehead atoms. The molecule has 1 aromatic carbocycles.